The number of hydrogen-bond acceptors (Lipinski definition) is 6. The molecule has 1 atom stereocenters. The van der Waals surface area contributed by atoms with Crippen molar-refractivity contribution in [2.45, 2.75) is 12.1 Å². The predicted octanol–water partition coefficient (Wildman–Crippen LogP) is 4.22. The van der Waals surface area contributed by atoms with E-state index >= 15 is 0 Å². The van der Waals surface area contributed by atoms with Gasteiger partial charge >= 0.3 is 5.97 Å². The highest BCUT2D eigenvalue weighted by molar-refractivity contribution is 5.92. The number of nitrogens with zero attached hydrogens (tertiary/aromatic N) is 5. The second kappa shape index (κ2) is 10.6. The molecular weight excluding hydrogens is 504 g/mol. The van der Waals surface area contributed by atoms with Crippen molar-refractivity contribution in [3.8, 4) is 0 Å². The second-order valence-electron chi connectivity index (χ2n) is 9.31. The molecule has 1 unspecified atom stereocenters. The molecule has 0 N–H and O–H groups in total. The van der Waals surface area contributed by atoms with Crippen LogP contribution in [0.15, 0.2) is 71.5 Å². The number of rotatable bonds is 5. The van der Waals surface area contributed by atoms with Crippen LogP contribution in [0.1, 0.15) is 17.2 Å². The SMILES string of the molecule is [C-]#[N+]c1ccc2c(n1)c(N1CCN(C(c3ccc(F)cc3)c3ccc(F)cc3)CC1C(=O)OC)cc(=O)n2C. The van der Waals surface area contributed by atoms with Gasteiger partial charge in [0.1, 0.15) is 17.7 Å². The smallest absolute Gasteiger partial charge is 0.329 e. The van der Waals surface area contributed by atoms with Gasteiger partial charge in [-0.05, 0) is 47.5 Å². The summed E-state index contributed by atoms with van der Waals surface area (Å²) in [6.07, 6.45) is 0. The topological polar surface area (TPSA) is 72.0 Å². The molecule has 1 fully saturated rings. The van der Waals surface area contributed by atoms with Gasteiger partial charge in [-0.15, -0.1) is 4.98 Å². The molecule has 1 saturated heterocycles. The lowest BCUT2D eigenvalue weighted by molar-refractivity contribution is -0.143. The van der Waals surface area contributed by atoms with Crippen molar-refractivity contribution < 1.29 is 18.3 Å². The Kier molecular flexibility index (Phi) is 7.09. The fraction of sp³-hybridized carbons (Fsp3) is 0.241. The van der Waals surface area contributed by atoms with Gasteiger partial charge in [0.05, 0.1) is 24.4 Å². The molecule has 0 radical (unpaired) electrons. The summed E-state index contributed by atoms with van der Waals surface area (Å²) in [5, 5.41) is 0. The molecular formula is C29H25F2N5O3. The normalized spacial score (nSPS) is 15.9. The maximum absolute atomic E-state index is 13.8. The summed E-state index contributed by atoms with van der Waals surface area (Å²) in [5.74, 6) is -1.09. The molecule has 39 heavy (non-hydrogen) atoms. The van der Waals surface area contributed by atoms with Gasteiger partial charge < -0.3 is 19.0 Å². The van der Waals surface area contributed by atoms with Gasteiger partial charge in [0.25, 0.3) is 11.4 Å². The van der Waals surface area contributed by atoms with E-state index in [1.165, 1.54) is 42.0 Å². The fourth-order valence-corrected chi connectivity index (χ4v) is 5.15. The van der Waals surface area contributed by atoms with E-state index in [9.17, 15) is 18.4 Å². The van der Waals surface area contributed by atoms with Crippen molar-refractivity contribution in [1.29, 1.82) is 0 Å². The van der Waals surface area contributed by atoms with Crippen LogP contribution in [0.3, 0.4) is 0 Å². The molecule has 10 heteroatoms. The second-order valence-corrected chi connectivity index (χ2v) is 9.31. The third-order valence-electron chi connectivity index (χ3n) is 7.10. The molecule has 8 nitrogen and oxygen atoms in total. The van der Waals surface area contributed by atoms with Crippen molar-refractivity contribution in [2.24, 2.45) is 7.05 Å². The van der Waals surface area contributed by atoms with E-state index in [1.807, 2.05) is 0 Å². The molecule has 0 aliphatic carbocycles. The average molecular weight is 530 g/mol. The Labute approximate surface area is 223 Å². The van der Waals surface area contributed by atoms with Crippen LogP contribution in [0.4, 0.5) is 20.3 Å². The number of carbonyl (C=O) groups excluding carboxylic acids is 1. The third-order valence-corrected chi connectivity index (χ3v) is 7.10. The summed E-state index contributed by atoms with van der Waals surface area (Å²) in [7, 11) is 2.92. The molecule has 1 aliphatic rings. The molecule has 1 aliphatic heterocycles. The minimum Gasteiger partial charge on any atom is -0.467 e. The van der Waals surface area contributed by atoms with Crippen LogP contribution in [-0.2, 0) is 16.6 Å². The molecule has 4 aromatic rings. The number of anilines is 1. The Hall–Kier alpha value is -4.62. The number of hydrogen-bond donors (Lipinski definition) is 0. The van der Waals surface area contributed by atoms with Crippen LogP contribution in [-0.4, -0.2) is 53.2 Å². The van der Waals surface area contributed by atoms with E-state index in [1.54, 1.807) is 48.3 Å². The highest BCUT2D eigenvalue weighted by Crippen LogP contribution is 2.34. The largest absolute Gasteiger partial charge is 0.467 e. The van der Waals surface area contributed by atoms with Crippen molar-refractivity contribution in [1.82, 2.24) is 14.5 Å². The molecule has 2 aromatic heterocycles. The van der Waals surface area contributed by atoms with Gasteiger partial charge in [0, 0.05) is 32.7 Å². The number of benzene rings is 2. The number of ether oxygens (including phenoxy) is 1. The number of pyridine rings is 2. The zero-order valence-electron chi connectivity index (χ0n) is 21.3. The summed E-state index contributed by atoms with van der Waals surface area (Å²) in [5.41, 5.74) is 2.68. The van der Waals surface area contributed by atoms with Crippen LogP contribution < -0.4 is 10.5 Å². The first-order valence-corrected chi connectivity index (χ1v) is 12.3. The van der Waals surface area contributed by atoms with E-state index < -0.39 is 18.1 Å². The number of carbonyl (C=O) groups is 1. The zero-order valence-corrected chi connectivity index (χ0v) is 21.3. The van der Waals surface area contributed by atoms with Crippen molar-refractivity contribution in [3.63, 3.8) is 0 Å². The molecule has 2 aromatic carbocycles. The highest BCUT2D eigenvalue weighted by atomic mass is 19.1. The number of piperazine rings is 1. The minimum absolute atomic E-state index is 0.170. The lowest BCUT2D eigenvalue weighted by Gasteiger charge is -2.44. The Morgan fingerprint density at radius 1 is 1.03 bits per heavy atom. The van der Waals surface area contributed by atoms with Gasteiger partial charge in [0.2, 0.25) is 5.52 Å². The van der Waals surface area contributed by atoms with E-state index in [-0.39, 0.29) is 29.6 Å². The highest BCUT2D eigenvalue weighted by Gasteiger charge is 2.38. The Balaban J connectivity index is 1.59. The maximum atomic E-state index is 13.8. The number of halogens is 2. The lowest BCUT2D eigenvalue weighted by atomic mass is 9.95. The van der Waals surface area contributed by atoms with Crippen LogP contribution in [0.5, 0.6) is 0 Å². The summed E-state index contributed by atoms with van der Waals surface area (Å²) < 4.78 is 34.1. The Bertz CT molecular complexity index is 1590. The molecule has 0 spiro atoms. The van der Waals surface area contributed by atoms with Crippen molar-refractivity contribution >= 4 is 28.5 Å². The number of esters is 1. The van der Waals surface area contributed by atoms with Gasteiger partial charge in [-0.1, -0.05) is 30.8 Å². The van der Waals surface area contributed by atoms with E-state index in [2.05, 4.69) is 14.7 Å². The van der Waals surface area contributed by atoms with Crippen LogP contribution in [0.25, 0.3) is 15.9 Å². The van der Waals surface area contributed by atoms with Crippen LogP contribution >= 0.6 is 0 Å². The standard InChI is InChI=1S/C29H25F2N5O3/c1-32-25-13-12-22-27(33-25)23(16-26(37)34(22)2)36-15-14-35(17-24(36)29(38)39-3)28(18-4-8-20(30)9-5-18)19-6-10-21(31)11-7-19/h4-13,16,24,28H,14-15,17H2,2-3H3. The van der Waals surface area contributed by atoms with Crippen molar-refractivity contribution in [2.75, 3.05) is 31.6 Å². The van der Waals surface area contributed by atoms with E-state index in [4.69, 9.17) is 11.3 Å². The Morgan fingerprint density at radius 2 is 1.64 bits per heavy atom. The van der Waals surface area contributed by atoms with Gasteiger partial charge in [-0.3, -0.25) is 9.69 Å². The molecule has 3 heterocycles. The molecule has 198 valence electrons. The lowest BCUT2D eigenvalue weighted by Crippen LogP contribution is -2.58. The number of methoxy groups -OCH3 is 1. The summed E-state index contributed by atoms with van der Waals surface area (Å²) in [6, 6.07) is 15.6. The van der Waals surface area contributed by atoms with Gasteiger partial charge in [0.15, 0.2) is 0 Å². The first-order chi connectivity index (χ1) is 18.8. The average Bonchev–Trinajstić information content (AvgIpc) is 2.96. The first kappa shape index (κ1) is 26.0. The molecule has 0 saturated carbocycles. The van der Waals surface area contributed by atoms with Crippen molar-refractivity contribution in [3.05, 3.63) is 111 Å². The monoisotopic (exact) mass is 529 g/mol. The maximum Gasteiger partial charge on any atom is 0.329 e. The molecule has 0 amide bonds. The number of aryl methyl sites for hydroxylation is 1. The number of aromatic nitrogens is 2. The first-order valence-electron chi connectivity index (χ1n) is 12.3. The summed E-state index contributed by atoms with van der Waals surface area (Å²) in [4.78, 5) is 37.7. The zero-order chi connectivity index (χ0) is 27.7. The quantitative estimate of drug-likeness (QED) is 0.285. The van der Waals surface area contributed by atoms with Gasteiger partial charge in [-0.25, -0.2) is 13.6 Å². The van der Waals surface area contributed by atoms with Crippen LogP contribution in [0.2, 0.25) is 0 Å². The van der Waals surface area contributed by atoms with E-state index in [0.717, 1.165) is 11.1 Å². The van der Waals surface area contributed by atoms with Crippen LogP contribution in [0, 0.1) is 18.2 Å². The van der Waals surface area contributed by atoms with E-state index in [0.29, 0.717) is 29.8 Å². The summed E-state index contributed by atoms with van der Waals surface area (Å²) >= 11 is 0. The van der Waals surface area contributed by atoms with Gasteiger partial charge in [-0.2, -0.15) is 0 Å². The minimum atomic E-state index is -0.819. The number of fused-ring (bicyclic) bond motifs is 1. The fourth-order valence-electron chi connectivity index (χ4n) is 5.15. The Morgan fingerprint density at radius 3 is 2.21 bits per heavy atom. The summed E-state index contributed by atoms with van der Waals surface area (Å²) in [6.45, 7) is 8.36. The predicted molar refractivity (Wildman–Crippen MR) is 143 cm³/mol. The molecule has 0 bridgehead atoms. The third kappa shape index (κ3) is 4.96. The molecule has 5 rings (SSSR count).